The minimum Gasteiger partial charge on any atom is -0.467 e. The standard InChI is InChI=1S/C21H23N3O3S/c1-27-21(26)18(10-15-11-22-17-5-3-2-4-16(15)17)23-20(25)13-24-8-6-19-14(12-24)7-9-28-19/h2-5,7,9,11,18,22H,6,8,10,12-13H2,1H3,(H,23,25). The van der Waals surface area contributed by atoms with Gasteiger partial charge in [0.25, 0.3) is 0 Å². The lowest BCUT2D eigenvalue weighted by atomic mass is 10.0. The summed E-state index contributed by atoms with van der Waals surface area (Å²) in [5.74, 6) is -0.591. The summed E-state index contributed by atoms with van der Waals surface area (Å²) in [6, 6.07) is 9.32. The number of thiophene rings is 1. The summed E-state index contributed by atoms with van der Waals surface area (Å²) in [4.78, 5) is 31.6. The van der Waals surface area contributed by atoms with Gasteiger partial charge in [-0.15, -0.1) is 11.3 Å². The predicted octanol–water partition coefficient (Wildman–Crippen LogP) is 2.49. The number of methoxy groups -OCH3 is 1. The fraction of sp³-hybridized carbons (Fsp3) is 0.333. The molecule has 0 bridgehead atoms. The Hall–Kier alpha value is -2.64. The van der Waals surface area contributed by atoms with Crippen LogP contribution in [-0.4, -0.2) is 48.0 Å². The van der Waals surface area contributed by atoms with Crippen molar-refractivity contribution in [3.05, 3.63) is 57.9 Å². The van der Waals surface area contributed by atoms with E-state index in [4.69, 9.17) is 4.74 Å². The number of carbonyl (C=O) groups is 2. The summed E-state index contributed by atoms with van der Waals surface area (Å²) in [7, 11) is 1.35. The van der Waals surface area contributed by atoms with Gasteiger partial charge in [-0.05, 0) is 35.1 Å². The number of esters is 1. The molecule has 146 valence electrons. The van der Waals surface area contributed by atoms with Crippen LogP contribution < -0.4 is 5.32 Å². The van der Waals surface area contributed by atoms with E-state index in [0.717, 1.165) is 36.0 Å². The van der Waals surface area contributed by atoms with Gasteiger partial charge in [0.2, 0.25) is 5.91 Å². The number of hydrogen-bond donors (Lipinski definition) is 2. The molecule has 0 spiro atoms. The van der Waals surface area contributed by atoms with Crippen LogP contribution in [0.3, 0.4) is 0 Å². The third-order valence-corrected chi connectivity index (χ3v) is 6.20. The van der Waals surface area contributed by atoms with Crippen LogP contribution in [0.15, 0.2) is 41.9 Å². The van der Waals surface area contributed by atoms with Crippen molar-refractivity contribution in [2.24, 2.45) is 0 Å². The molecule has 2 N–H and O–H groups in total. The summed E-state index contributed by atoms with van der Waals surface area (Å²) in [6.07, 6.45) is 3.24. The number of carbonyl (C=O) groups excluding carboxylic acids is 2. The summed E-state index contributed by atoms with van der Waals surface area (Å²) < 4.78 is 4.92. The average Bonchev–Trinajstić information content (AvgIpc) is 3.33. The number of para-hydroxylation sites is 1. The molecule has 1 aromatic carbocycles. The summed E-state index contributed by atoms with van der Waals surface area (Å²) >= 11 is 1.78. The quantitative estimate of drug-likeness (QED) is 0.627. The molecule has 3 heterocycles. The summed E-state index contributed by atoms with van der Waals surface area (Å²) in [6.45, 7) is 1.90. The maximum Gasteiger partial charge on any atom is 0.328 e. The average molecular weight is 398 g/mol. The van der Waals surface area contributed by atoms with Gasteiger partial charge in [-0.2, -0.15) is 0 Å². The van der Waals surface area contributed by atoms with Crippen LogP contribution in [0.2, 0.25) is 0 Å². The fourth-order valence-corrected chi connectivity index (χ4v) is 4.63. The van der Waals surface area contributed by atoms with Crippen LogP contribution in [0, 0.1) is 0 Å². The molecule has 2 aromatic heterocycles. The van der Waals surface area contributed by atoms with E-state index >= 15 is 0 Å². The third-order valence-electron chi connectivity index (χ3n) is 5.17. The smallest absolute Gasteiger partial charge is 0.328 e. The monoisotopic (exact) mass is 397 g/mol. The van der Waals surface area contributed by atoms with Gasteiger partial charge in [0.05, 0.1) is 13.7 Å². The summed E-state index contributed by atoms with van der Waals surface area (Å²) in [5.41, 5.74) is 3.28. The third kappa shape index (κ3) is 3.95. The zero-order chi connectivity index (χ0) is 19.5. The number of amides is 1. The highest BCUT2D eigenvalue weighted by molar-refractivity contribution is 7.10. The molecule has 7 heteroatoms. The molecule has 6 nitrogen and oxygen atoms in total. The van der Waals surface area contributed by atoms with E-state index in [9.17, 15) is 9.59 Å². The second-order valence-electron chi connectivity index (χ2n) is 7.04. The molecule has 4 rings (SSSR count). The topological polar surface area (TPSA) is 74.4 Å². The van der Waals surface area contributed by atoms with Crippen LogP contribution in [-0.2, 0) is 33.7 Å². The predicted molar refractivity (Wildman–Crippen MR) is 109 cm³/mol. The van der Waals surface area contributed by atoms with Crippen molar-refractivity contribution >= 4 is 34.1 Å². The highest BCUT2D eigenvalue weighted by atomic mass is 32.1. The fourth-order valence-electron chi connectivity index (χ4n) is 3.74. The zero-order valence-corrected chi connectivity index (χ0v) is 16.6. The Morgan fingerprint density at radius 2 is 2.18 bits per heavy atom. The van der Waals surface area contributed by atoms with Crippen molar-refractivity contribution in [1.29, 1.82) is 0 Å². The molecular formula is C21H23N3O3S. The lowest BCUT2D eigenvalue weighted by Crippen LogP contribution is -2.47. The molecule has 0 aliphatic carbocycles. The molecule has 1 aliphatic heterocycles. The maximum atomic E-state index is 12.6. The molecule has 0 saturated carbocycles. The first kappa shape index (κ1) is 18.7. The molecule has 0 fully saturated rings. The number of nitrogens with one attached hydrogen (secondary N) is 2. The molecule has 1 amide bonds. The number of benzene rings is 1. The van der Waals surface area contributed by atoms with Crippen LogP contribution in [0.25, 0.3) is 10.9 Å². The van der Waals surface area contributed by atoms with Crippen molar-refractivity contribution in [2.45, 2.75) is 25.4 Å². The molecule has 0 radical (unpaired) electrons. The normalized spacial score (nSPS) is 15.2. The van der Waals surface area contributed by atoms with Gasteiger partial charge in [0, 0.05) is 41.5 Å². The number of ether oxygens (including phenoxy) is 1. The summed E-state index contributed by atoms with van der Waals surface area (Å²) in [5, 5.41) is 6.02. The minimum atomic E-state index is -0.710. The van der Waals surface area contributed by atoms with Crippen LogP contribution in [0.1, 0.15) is 16.0 Å². The van der Waals surface area contributed by atoms with Crippen molar-refractivity contribution in [2.75, 3.05) is 20.2 Å². The van der Waals surface area contributed by atoms with Gasteiger partial charge in [-0.25, -0.2) is 4.79 Å². The van der Waals surface area contributed by atoms with Crippen molar-refractivity contribution in [3.8, 4) is 0 Å². The SMILES string of the molecule is COC(=O)C(Cc1c[nH]c2ccccc12)NC(=O)CN1CCc2sccc2C1. The molecular weight excluding hydrogens is 374 g/mol. The Kier molecular flexibility index (Phi) is 5.45. The number of aromatic amines is 1. The Morgan fingerprint density at radius 1 is 1.32 bits per heavy atom. The first-order chi connectivity index (χ1) is 13.6. The Morgan fingerprint density at radius 3 is 3.04 bits per heavy atom. The van der Waals surface area contributed by atoms with Crippen molar-refractivity contribution < 1.29 is 14.3 Å². The van der Waals surface area contributed by atoms with Crippen molar-refractivity contribution in [3.63, 3.8) is 0 Å². The lowest BCUT2D eigenvalue weighted by Gasteiger charge is -2.27. The number of H-pyrrole nitrogens is 1. The largest absolute Gasteiger partial charge is 0.467 e. The molecule has 0 saturated heterocycles. The van der Waals surface area contributed by atoms with E-state index in [1.165, 1.54) is 17.6 Å². The number of fused-ring (bicyclic) bond motifs is 2. The van der Waals surface area contributed by atoms with E-state index in [2.05, 4.69) is 26.6 Å². The number of rotatable bonds is 6. The van der Waals surface area contributed by atoms with Crippen LogP contribution in [0.5, 0.6) is 0 Å². The van der Waals surface area contributed by atoms with Gasteiger partial charge >= 0.3 is 5.97 Å². The van der Waals surface area contributed by atoms with Gasteiger partial charge in [-0.3, -0.25) is 9.69 Å². The van der Waals surface area contributed by atoms with Crippen molar-refractivity contribution in [1.82, 2.24) is 15.2 Å². The van der Waals surface area contributed by atoms with Crippen LogP contribution in [0.4, 0.5) is 0 Å². The first-order valence-corrected chi connectivity index (χ1v) is 10.2. The molecule has 1 atom stereocenters. The Labute approximate surface area is 167 Å². The Bertz CT molecular complexity index is 994. The highest BCUT2D eigenvalue weighted by Crippen LogP contribution is 2.24. The lowest BCUT2D eigenvalue weighted by molar-refractivity contribution is -0.145. The highest BCUT2D eigenvalue weighted by Gasteiger charge is 2.25. The maximum absolute atomic E-state index is 12.6. The zero-order valence-electron chi connectivity index (χ0n) is 15.7. The van der Waals surface area contributed by atoms with Gasteiger partial charge in [0.15, 0.2) is 0 Å². The first-order valence-electron chi connectivity index (χ1n) is 9.34. The van der Waals surface area contributed by atoms with E-state index in [0.29, 0.717) is 6.42 Å². The minimum absolute atomic E-state index is 0.158. The van der Waals surface area contributed by atoms with Gasteiger partial charge in [0.1, 0.15) is 6.04 Å². The van der Waals surface area contributed by atoms with Crippen LogP contribution >= 0.6 is 11.3 Å². The number of nitrogens with zero attached hydrogens (tertiary/aromatic N) is 1. The Balaban J connectivity index is 1.42. The van der Waals surface area contributed by atoms with Gasteiger partial charge < -0.3 is 15.0 Å². The molecule has 1 aliphatic rings. The van der Waals surface area contributed by atoms with E-state index < -0.39 is 12.0 Å². The second-order valence-corrected chi connectivity index (χ2v) is 8.04. The molecule has 28 heavy (non-hydrogen) atoms. The van der Waals surface area contributed by atoms with E-state index in [-0.39, 0.29) is 12.5 Å². The van der Waals surface area contributed by atoms with E-state index in [1.54, 1.807) is 11.3 Å². The second kappa shape index (κ2) is 8.16. The number of hydrogen-bond acceptors (Lipinski definition) is 5. The van der Waals surface area contributed by atoms with E-state index in [1.807, 2.05) is 30.5 Å². The van der Waals surface area contributed by atoms with Gasteiger partial charge in [-0.1, -0.05) is 18.2 Å². The molecule has 3 aromatic rings. The molecule has 1 unspecified atom stereocenters. The number of aromatic nitrogens is 1.